The summed E-state index contributed by atoms with van der Waals surface area (Å²) < 4.78 is 0. The quantitative estimate of drug-likeness (QED) is 0.899. The van der Waals surface area contributed by atoms with Crippen molar-refractivity contribution in [2.75, 3.05) is 0 Å². The third-order valence-corrected chi connectivity index (χ3v) is 3.75. The van der Waals surface area contributed by atoms with E-state index in [9.17, 15) is 0 Å². The van der Waals surface area contributed by atoms with Gasteiger partial charge in [-0.15, -0.1) is 0 Å². The van der Waals surface area contributed by atoms with Crippen LogP contribution in [0.2, 0.25) is 0 Å². The van der Waals surface area contributed by atoms with Crippen molar-refractivity contribution in [3.05, 3.63) is 53.3 Å². The van der Waals surface area contributed by atoms with E-state index >= 15 is 0 Å². The first kappa shape index (κ1) is 12.4. The van der Waals surface area contributed by atoms with Crippen LogP contribution in [0.1, 0.15) is 29.5 Å². The summed E-state index contributed by atoms with van der Waals surface area (Å²) in [5, 5.41) is 3.60. The van der Waals surface area contributed by atoms with Crippen LogP contribution in [0, 0.1) is 13.8 Å². The molecular weight excluding hydrogens is 232 g/mol. The van der Waals surface area contributed by atoms with Gasteiger partial charge in [-0.25, -0.2) is 0 Å². The van der Waals surface area contributed by atoms with E-state index in [-0.39, 0.29) is 0 Å². The molecule has 1 aliphatic rings. The predicted molar refractivity (Wildman–Crippen MR) is 79.0 cm³/mol. The molecule has 0 unspecified atom stereocenters. The maximum absolute atomic E-state index is 4.28. The van der Waals surface area contributed by atoms with E-state index in [1.165, 1.54) is 40.7 Å². The Kier molecular flexibility index (Phi) is 3.34. The van der Waals surface area contributed by atoms with E-state index < -0.39 is 0 Å². The Morgan fingerprint density at radius 2 is 2.00 bits per heavy atom. The van der Waals surface area contributed by atoms with Crippen molar-refractivity contribution >= 4 is 0 Å². The second kappa shape index (κ2) is 5.14. The third-order valence-electron chi connectivity index (χ3n) is 3.75. The molecule has 1 saturated carbocycles. The Morgan fingerprint density at radius 1 is 1.16 bits per heavy atom. The molecule has 1 fully saturated rings. The first-order valence-electron chi connectivity index (χ1n) is 6.98. The molecule has 0 saturated heterocycles. The minimum Gasteiger partial charge on any atom is -0.310 e. The zero-order valence-electron chi connectivity index (χ0n) is 11.6. The van der Waals surface area contributed by atoms with E-state index in [1.54, 1.807) is 0 Å². The van der Waals surface area contributed by atoms with Crippen LogP contribution >= 0.6 is 0 Å². The van der Waals surface area contributed by atoms with E-state index in [2.05, 4.69) is 48.4 Å². The Hall–Kier alpha value is -1.67. The lowest BCUT2D eigenvalue weighted by Gasteiger charge is -2.13. The summed E-state index contributed by atoms with van der Waals surface area (Å²) in [5.74, 6) is 0. The fourth-order valence-electron chi connectivity index (χ4n) is 2.38. The van der Waals surface area contributed by atoms with Crippen molar-refractivity contribution < 1.29 is 0 Å². The third kappa shape index (κ3) is 2.85. The second-order valence-corrected chi connectivity index (χ2v) is 5.51. The summed E-state index contributed by atoms with van der Waals surface area (Å²) in [4.78, 5) is 4.28. The van der Waals surface area contributed by atoms with Crippen molar-refractivity contribution in [1.82, 2.24) is 10.3 Å². The molecular formula is C17H20N2. The van der Waals surface area contributed by atoms with Crippen molar-refractivity contribution in [1.29, 1.82) is 0 Å². The largest absolute Gasteiger partial charge is 0.310 e. The summed E-state index contributed by atoms with van der Waals surface area (Å²) in [6.07, 6.45) is 6.49. The molecule has 3 rings (SSSR count). The highest BCUT2D eigenvalue weighted by Gasteiger charge is 2.20. The fraction of sp³-hybridized carbons (Fsp3) is 0.353. The number of hydrogen-bond acceptors (Lipinski definition) is 2. The molecule has 0 aliphatic heterocycles. The highest BCUT2D eigenvalue weighted by atomic mass is 14.9. The minimum atomic E-state index is 0.740. The molecule has 0 radical (unpaired) electrons. The van der Waals surface area contributed by atoms with Gasteiger partial charge < -0.3 is 5.32 Å². The van der Waals surface area contributed by atoms with Crippen LogP contribution < -0.4 is 5.32 Å². The molecule has 19 heavy (non-hydrogen) atoms. The first-order chi connectivity index (χ1) is 9.24. The summed E-state index contributed by atoms with van der Waals surface area (Å²) in [5.41, 5.74) is 6.52. The molecule has 2 nitrogen and oxygen atoms in total. The summed E-state index contributed by atoms with van der Waals surface area (Å²) in [6, 6.07) is 9.53. The van der Waals surface area contributed by atoms with Crippen LogP contribution in [0.3, 0.4) is 0 Å². The smallest absolute Gasteiger partial charge is 0.0349 e. The Balaban J connectivity index is 1.97. The zero-order chi connectivity index (χ0) is 13.2. The van der Waals surface area contributed by atoms with Gasteiger partial charge in [-0.2, -0.15) is 0 Å². The number of benzene rings is 1. The Bertz CT molecular complexity index is 586. The maximum atomic E-state index is 4.28. The molecule has 2 heteroatoms. The molecule has 1 aliphatic carbocycles. The molecule has 0 amide bonds. The molecule has 98 valence electrons. The number of hydrogen-bond donors (Lipinski definition) is 1. The van der Waals surface area contributed by atoms with Gasteiger partial charge in [0.1, 0.15) is 0 Å². The molecule has 1 N–H and O–H groups in total. The summed E-state index contributed by atoms with van der Waals surface area (Å²) >= 11 is 0. The first-order valence-corrected chi connectivity index (χ1v) is 6.98. The fourth-order valence-corrected chi connectivity index (χ4v) is 2.38. The number of pyridine rings is 1. The van der Waals surface area contributed by atoms with Gasteiger partial charge in [0.15, 0.2) is 0 Å². The predicted octanol–water partition coefficient (Wildman–Crippen LogP) is 3.62. The molecule has 0 spiro atoms. The van der Waals surface area contributed by atoms with E-state index in [0.717, 1.165) is 12.6 Å². The topological polar surface area (TPSA) is 24.9 Å². The maximum Gasteiger partial charge on any atom is 0.0349 e. The molecule has 1 aromatic heterocycles. The minimum absolute atomic E-state index is 0.740. The van der Waals surface area contributed by atoms with Crippen molar-refractivity contribution in [3.63, 3.8) is 0 Å². The highest BCUT2D eigenvalue weighted by Crippen LogP contribution is 2.28. The van der Waals surface area contributed by atoms with E-state index in [0.29, 0.717) is 0 Å². The Labute approximate surface area is 114 Å². The average molecular weight is 252 g/mol. The van der Waals surface area contributed by atoms with E-state index in [1.807, 2.05) is 12.4 Å². The molecule has 0 bridgehead atoms. The number of aromatic nitrogens is 1. The van der Waals surface area contributed by atoms with Gasteiger partial charge in [0.25, 0.3) is 0 Å². The number of aryl methyl sites for hydroxylation is 2. The number of nitrogens with zero attached hydrogens (tertiary/aromatic N) is 1. The van der Waals surface area contributed by atoms with Crippen molar-refractivity contribution in [2.45, 2.75) is 39.3 Å². The van der Waals surface area contributed by atoms with Gasteiger partial charge in [0.2, 0.25) is 0 Å². The van der Waals surface area contributed by atoms with Crippen LogP contribution in [-0.4, -0.2) is 11.0 Å². The van der Waals surface area contributed by atoms with Crippen molar-refractivity contribution in [2.24, 2.45) is 0 Å². The second-order valence-electron chi connectivity index (χ2n) is 5.51. The lowest BCUT2D eigenvalue weighted by Crippen LogP contribution is -2.16. The summed E-state index contributed by atoms with van der Waals surface area (Å²) in [6.45, 7) is 5.25. The van der Waals surface area contributed by atoms with Crippen LogP contribution in [0.4, 0.5) is 0 Å². The van der Waals surface area contributed by atoms with Crippen LogP contribution in [0.5, 0.6) is 0 Å². The lowest BCUT2D eigenvalue weighted by molar-refractivity contribution is 0.688. The van der Waals surface area contributed by atoms with Gasteiger partial charge in [0, 0.05) is 30.5 Å². The zero-order valence-corrected chi connectivity index (χ0v) is 11.6. The monoisotopic (exact) mass is 252 g/mol. The van der Waals surface area contributed by atoms with Crippen LogP contribution in [0.15, 0.2) is 36.7 Å². The molecule has 1 heterocycles. The summed E-state index contributed by atoms with van der Waals surface area (Å²) in [7, 11) is 0. The average Bonchev–Trinajstić information content (AvgIpc) is 3.22. The van der Waals surface area contributed by atoms with Crippen LogP contribution in [0.25, 0.3) is 11.1 Å². The van der Waals surface area contributed by atoms with Crippen molar-refractivity contribution in [3.8, 4) is 11.1 Å². The van der Waals surface area contributed by atoms with Gasteiger partial charge in [-0.05, 0) is 49.4 Å². The van der Waals surface area contributed by atoms with Crippen LogP contribution in [-0.2, 0) is 6.54 Å². The Morgan fingerprint density at radius 3 is 2.74 bits per heavy atom. The van der Waals surface area contributed by atoms with E-state index in [4.69, 9.17) is 0 Å². The SMILES string of the molecule is Cc1ccc(CNC2CC2)c(-c2cnccc2C)c1. The molecule has 1 aromatic carbocycles. The normalized spacial score (nSPS) is 14.6. The lowest BCUT2D eigenvalue weighted by atomic mass is 9.96. The van der Waals surface area contributed by atoms with Gasteiger partial charge >= 0.3 is 0 Å². The number of rotatable bonds is 4. The van der Waals surface area contributed by atoms with Gasteiger partial charge in [0.05, 0.1) is 0 Å². The van der Waals surface area contributed by atoms with Gasteiger partial charge in [-0.1, -0.05) is 23.8 Å². The highest BCUT2D eigenvalue weighted by molar-refractivity contribution is 5.70. The molecule has 2 aromatic rings. The number of nitrogens with one attached hydrogen (secondary N) is 1. The van der Waals surface area contributed by atoms with Gasteiger partial charge in [-0.3, -0.25) is 4.98 Å². The molecule has 0 atom stereocenters. The standard InChI is InChI=1S/C17H20N2/c1-12-3-4-14(10-19-15-5-6-15)16(9-12)17-11-18-8-7-13(17)2/h3-4,7-9,11,15,19H,5-6,10H2,1-2H3.